The maximum Gasteiger partial charge on any atom is 0.141 e. The van der Waals surface area contributed by atoms with Crippen LogP contribution in [0.2, 0.25) is 5.02 Å². The molecule has 5 nitrogen and oxygen atoms in total. The Morgan fingerprint density at radius 3 is 2.74 bits per heavy atom. The van der Waals surface area contributed by atoms with E-state index >= 15 is 0 Å². The van der Waals surface area contributed by atoms with Crippen LogP contribution in [0.25, 0.3) is 0 Å². The molecule has 0 radical (unpaired) electrons. The first-order valence-electron chi connectivity index (χ1n) is 6.77. The van der Waals surface area contributed by atoms with Gasteiger partial charge in [-0.2, -0.15) is 5.10 Å². The molecule has 23 heavy (non-hydrogen) atoms. The largest absolute Gasteiger partial charge is 0.489 e. The van der Waals surface area contributed by atoms with Crippen molar-refractivity contribution in [2.75, 3.05) is 0 Å². The van der Waals surface area contributed by atoms with E-state index in [-0.39, 0.29) is 12.4 Å². The van der Waals surface area contributed by atoms with Gasteiger partial charge < -0.3 is 4.74 Å². The first-order chi connectivity index (χ1) is 11.2. The Bertz CT molecular complexity index is 800. The van der Waals surface area contributed by atoms with Crippen LogP contribution in [0.3, 0.4) is 0 Å². The standard InChI is InChI=1S/C16H12ClFN4O/c17-15-5-2-6-16(18)14(15)9-23-13-4-1-3-12(7-13)8-21-22-10-19-20-11-22/h1-8,10-11H,9H2/b21-8+. The topological polar surface area (TPSA) is 52.3 Å². The maximum absolute atomic E-state index is 13.7. The van der Waals surface area contributed by atoms with Crippen LogP contribution < -0.4 is 4.74 Å². The number of nitrogens with zero attached hydrogens (tertiary/aromatic N) is 4. The van der Waals surface area contributed by atoms with Crippen LogP contribution in [0, 0.1) is 5.82 Å². The van der Waals surface area contributed by atoms with Crippen molar-refractivity contribution in [1.29, 1.82) is 0 Å². The van der Waals surface area contributed by atoms with Gasteiger partial charge in [0.25, 0.3) is 0 Å². The summed E-state index contributed by atoms with van der Waals surface area (Å²) in [6, 6.07) is 11.8. The first-order valence-corrected chi connectivity index (χ1v) is 7.15. The molecule has 0 unspecified atom stereocenters. The van der Waals surface area contributed by atoms with Crippen LogP contribution in [-0.4, -0.2) is 21.1 Å². The molecule has 0 fully saturated rings. The third kappa shape index (κ3) is 3.92. The SMILES string of the molecule is Fc1cccc(Cl)c1COc1cccc(/C=N/n2cnnc2)c1. The van der Waals surface area contributed by atoms with Crippen molar-refractivity contribution in [2.24, 2.45) is 5.10 Å². The number of halogens is 2. The fraction of sp³-hybridized carbons (Fsp3) is 0.0625. The molecule has 0 saturated heterocycles. The molecule has 3 aromatic rings. The highest BCUT2D eigenvalue weighted by atomic mass is 35.5. The van der Waals surface area contributed by atoms with E-state index in [1.54, 1.807) is 30.5 Å². The summed E-state index contributed by atoms with van der Waals surface area (Å²) in [7, 11) is 0. The van der Waals surface area contributed by atoms with Gasteiger partial charge in [0.2, 0.25) is 0 Å². The minimum atomic E-state index is -0.386. The lowest BCUT2D eigenvalue weighted by Gasteiger charge is -2.09. The van der Waals surface area contributed by atoms with Crippen molar-refractivity contribution >= 4 is 17.8 Å². The van der Waals surface area contributed by atoms with E-state index in [0.717, 1.165) is 5.56 Å². The molecule has 1 aromatic heterocycles. The van der Waals surface area contributed by atoms with Crippen LogP contribution in [-0.2, 0) is 6.61 Å². The Labute approximate surface area is 137 Å². The lowest BCUT2D eigenvalue weighted by Crippen LogP contribution is -2.00. The van der Waals surface area contributed by atoms with Crippen molar-refractivity contribution in [3.8, 4) is 5.75 Å². The van der Waals surface area contributed by atoms with Crippen LogP contribution in [0.5, 0.6) is 5.75 Å². The summed E-state index contributed by atoms with van der Waals surface area (Å²) in [6.07, 6.45) is 4.61. The van der Waals surface area contributed by atoms with Gasteiger partial charge in [-0.3, -0.25) is 0 Å². The summed E-state index contributed by atoms with van der Waals surface area (Å²) in [4.78, 5) is 0. The number of benzene rings is 2. The molecule has 1 heterocycles. The molecule has 0 aliphatic rings. The second kappa shape index (κ2) is 7.02. The number of hydrogen-bond donors (Lipinski definition) is 0. The summed E-state index contributed by atoms with van der Waals surface area (Å²) in [5.41, 5.74) is 1.16. The molecule has 0 atom stereocenters. The lowest BCUT2D eigenvalue weighted by molar-refractivity contribution is 0.300. The number of ether oxygens (including phenoxy) is 1. The van der Waals surface area contributed by atoms with E-state index in [1.165, 1.54) is 23.4 Å². The third-order valence-corrected chi connectivity index (χ3v) is 3.40. The number of rotatable bonds is 5. The molecule has 0 spiro atoms. The fourth-order valence-corrected chi connectivity index (χ4v) is 2.12. The predicted molar refractivity (Wildman–Crippen MR) is 85.2 cm³/mol. The Hall–Kier alpha value is -2.73. The highest BCUT2D eigenvalue weighted by Gasteiger charge is 2.07. The molecule has 0 bridgehead atoms. The van der Waals surface area contributed by atoms with Gasteiger partial charge in [0.15, 0.2) is 0 Å². The van der Waals surface area contributed by atoms with Gasteiger partial charge in [-0.1, -0.05) is 29.8 Å². The van der Waals surface area contributed by atoms with Crippen molar-refractivity contribution < 1.29 is 9.13 Å². The minimum Gasteiger partial charge on any atom is -0.489 e. The van der Waals surface area contributed by atoms with E-state index in [2.05, 4.69) is 15.3 Å². The molecule has 0 saturated carbocycles. The van der Waals surface area contributed by atoms with Gasteiger partial charge in [0, 0.05) is 5.56 Å². The Kier molecular flexibility index (Phi) is 4.63. The fourth-order valence-electron chi connectivity index (χ4n) is 1.90. The minimum absolute atomic E-state index is 0.0531. The molecule has 116 valence electrons. The smallest absolute Gasteiger partial charge is 0.141 e. The summed E-state index contributed by atoms with van der Waals surface area (Å²) in [6.45, 7) is 0.0531. The molecule has 7 heteroatoms. The van der Waals surface area contributed by atoms with Gasteiger partial charge in [-0.15, -0.1) is 10.2 Å². The quantitative estimate of drug-likeness (QED) is 0.672. The zero-order valence-corrected chi connectivity index (χ0v) is 12.7. The predicted octanol–water partition coefficient (Wildman–Crippen LogP) is 3.53. The van der Waals surface area contributed by atoms with Gasteiger partial charge in [0.1, 0.15) is 30.8 Å². The van der Waals surface area contributed by atoms with E-state index in [4.69, 9.17) is 16.3 Å². The van der Waals surface area contributed by atoms with E-state index < -0.39 is 0 Å². The summed E-state index contributed by atoms with van der Waals surface area (Å²) in [5, 5.41) is 11.8. The van der Waals surface area contributed by atoms with E-state index in [0.29, 0.717) is 16.3 Å². The molecular weight excluding hydrogens is 319 g/mol. The Morgan fingerprint density at radius 1 is 1.17 bits per heavy atom. The second-order valence-corrected chi connectivity index (χ2v) is 5.06. The number of aromatic nitrogens is 3. The summed E-state index contributed by atoms with van der Waals surface area (Å²) >= 11 is 5.98. The highest BCUT2D eigenvalue weighted by Crippen LogP contribution is 2.21. The maximum atomic E-state index is 13.7. The van der Waals surface area contributed by atoms with Gasteiger partial charge in [0.05, 0.1) is 11.2 Å². The molecule has 0 aliphatic heterocycles. The molecule has 3 rings (SSSR count). The van der Waals surface area contributed by atoms with Crippen molar-refractivity contribution in [3.05, 3.63) is 77.1 Å². The zero-order chi connectivity index (χ0) is 16.1. The molecule has 2 aromatic carbocycles. The molecule has 0 amide bonds. The molecule has 0 aliphatic carbocycles. The second-order valence-electron chi connectivity index (χ2n) is 4.65. The first kappa shape index (κ1) is 15.2. The molecular formula is C16H12ClFN4O. The summed E-state index contributed by atoms with van der Waals surface area (Å²) < 4.78 is 20.8. The van der Waals surface area contributed by atoms with Crippen molar-refractivity contribution in [2.45, 2.75) is 6.61 Å². The zero-order valence-electron chi connectivity index (χ0n) is 11.9. The highest BCUT2D eigenvalue weighted by molar-refractivity contribution is 6.31. The number of hydrogen-bond acceptors (Lipinski definition) is 4. The average molecular weight is 331 g/mol. The Morgan fingerprint density at radius 2 is 1.96 bits per heavy atom. The third-order valence-electron chi connectivity index (χ3n) is 3.05. The summed E-state index contributed by atoms with van der Waals surface area (Å²) in [5.74, 6) is 0.208. The van der Waals surface area contributed by atoms with Gasteiger partial charge in [-0.25, -0.2) is 9.07 Å². The lowest BCUT2D eigenvalue weighted by atomic mass is 10.2. The van der Waals surface area contributed by atoms with Crippen LogP contribution in [0.4, 0.5) is 4.39 Å². The Balaban J connectivity index is 1.70. The van der Waals surface area contributed by atoms with Crippen LogP contribution >= 0.6 is 11.6 Å². The van der Waals surface area contributed by atoms with E-state index in [1.807, 2.05) is 12.1 Å². The van der Waals surface area contributed by atoms with Crippen LogP contribution in [0.15, 0.2) is 60.2 Å². The van der Waals surface area contributed by atoms with Crippen molar-refractivity contribution in [1.82, 2.24) is 14.9 Å². The van der Waals surface area contributed by atoms with Crippen LogP contribution in [0.1, 0.15) is 11.1 Å². The molecule has 0 N–H and O–H groups in total. The van der Waals surface area contributed by atoms with E-state index in [9.17, 15) is 4.39 Å². The van der Waals surface area contributed by atoms with Gasteiger partial charge >= 0.3 is 0 Å². The van der Waals surface area contributed by atoms with Crippen molar-refractivity contribution in [3.63, 3.8) is 0 Å². The average Bonchev–Trinajstić information content (AvgIpc) is 3.06. The van der Waals surface area contributed by atoms with Gasteiger partial charge in [-0.05, 0) is 29.8 Å². The monoisotopic (exact) mass is 330 g/mol. The normalized spacial score (nSPS) is 11.0.